The van der Waals surface area contributed by atoms with Crippen LogP contribution in [-0.2, 0) is 14.3 Å². The predicted molar refractivity (Wildman–Crippen MR) is 102 cm³/mol. The van der Waals surface area contributed by atoms with E-state index in [0.29, 0.717) is 19.7 Å². The van der Waals surface area contributed by atoms with Crippen LogP contribution in [0.25, 0.3) is 0 Å². The van der Waals surface area contributed by atoms with Crippen molar-refractivity contribution in [3.8, 4) is 5.75 Å². The van der Waals surface area contributed by atoms with E-state index in [1.54, 1.807) is 19.1 Å². The Labute approximate surface area is 161 Å². The van der Waals surface area contributed by atoms with Crippen LogP contribution in [0, 0.1) is 0 Å². The zero-order valence-electron chi connectivity index (χ0n) is 16.8. The Morgan fingerprint density at radius 1 is 1.22 bits per heavy atom. The predicted octanol–water partition coefficient (Wildman–Crippen LogP) is 2.55. The van der Waals surface area contributed by atoms with Gasteiger partial charge in [-0.1, -0.05) is 12.1 Å². The van der Waals surface area contributed by atoms with Crippen LogP contribution in [0.1, 0.15) is 38.7 Å². The molecule has 1 aromatic carbocycles. The van der Waals surface area contributed by atoms with Gasteiger partial charge in [0.15, 0.2) is 0 Å². The topological polar surface area (TPSA) is 77.1 Å². The van der Waals surface area contributed by atoms with Crippen LogP contribution < -0.4 is 10.1 Å². The summed E-state index contributed by atoms with van der Waals surface area (Å²) >= 11 is 0. The SMILES string of the molecule is COCCN1CC(c2ccc(OC)cc2)[C@@H](NC(=O)OC(C)(C)C)CC1=O. The third kappa shape index (κ3) is 6.13. The second-order valence-electron chi connectivity index (χ2n) is 7.67. The Bertz CT molecular complexity index is 639. The molecule has 1 aromatic rings. The maximum Gasteiger partial charge on any atom is 0.407 e. The van der Waals surface area contributed by atoms with Gasteiger partial charge in [-0.25, -0.2) is 4.79 Å². The van der Waals surface area contributed by atoms with Crippen molar-refractivity contribution in [3.05, 3.63) is 29.8 Å². The molecular weight excluding hydrogens is 348 g/mol. The lowest BCUT2D eigenvalue weighted by molar-refractivity contribution is -0.135. The zero-order chi connectivity index (χ0) is 20.0. The first kappa shape index (κ1) is 21.0. The third-order valence-corrected chi connectivity index (χ3v) is 4.46. The van der Waals surface area contributed by atoms with E-state index in [-0.39, 0.29) is 24.3 Å². The van der Waals surface area contributed by atoms with Crippen molar-refractivity contribution >= 4 is 12.0 Å². The highest BCUT2D eigenvalue weighted by Gasteiger charge is 2.36. The highest BCUT2D eigenvalue weighted by Crippen LogP contribution is 2.29. The highest BCUT2D eigenvalue weighted by atomic mass is 16.6. The molecule has 27 heavy (non-hydrogen) atoms. The number of carbonyl (C=O) groups excluding carboxylic acids is 2. The molecule has 1 N–H and O–H groups in total. The van der Waals surface area contributed by atoms with E-state index in [1.807, 2.05) is 45.0 Å². The number of alkyl carbamates (subject to hydrolysis) is 1. The van der Waals surface area contributed by atoms with Gasteiger partial charge in [-0.05, 0) is 38.5 Å². The van der Waals surface area contributed by atoms with E-state index in [9.17, 15) is 9.59 Å². The number of ether oxygens (including phenoxy) is 3. The Balaban J connectivity index is 2.19. The highest BCUT2D eigenvalue weighted by molar-refractivity contribution is 5.79. The van der Waals surface area contributed by atoms with Crippen LogP contribution in [0.4, 0.5) is 4.79 Å². The maximum atomic E-state index is 12.5. The molecule has 0 bridgehead atoms. The summed E-state index contributed by atoms with van der Waals surface area (Å²) in [5.74, 6) is 0.717. The second-order valence-corrected chi connectivity index (χ2v) is 7.67. The zero-order valence-corrected chi connectivity index (χ0v) is 16.8. The molecule has 7 heteroatoms. The minimum atomic E-state index is -0.594. The first-order valence-electron chi connectivity index (χ1n) is 9.13. The van der Waals surface area contributed by atoms with Gasteiger partial charge >= 0.3 is 6.09 Å². The summed E-state index contributed by atoms with van der Waals surface area (Å²) < 4.78 is 15.7. The van der Waals surface area contributed by atoms with Gasteiger partial charge in [-0.2, -0.15) is 0 Å². The number of piperidine rings is 1. The number of likely N-dealkylation sites (tertiary alicyclic amines) is 1. The fourth-order valence-corrected chi connectivity index (χ4v) is 3.14. The molecule has 0 saturated carbocycles. The number of nitrogens with zero attached hydrogens (tertiary/aromatic N) is 1. The molecule has 0 spiro atoms. The molecule has 2 atom stereocenters. The van der Waals surface area contributed by atoms with Crippen LogP contribution in [0.3, 0.4) is 0 Å². The number of nitrogens with one attached hydrogen (secondary N) is 1. The fraction of sp³-hybridized carbons (Fsp3) is 0.600. The van der Waals surface area contributed by atoms with Crippen molar-refractivity contribution < 1.29 is 23.8 Å². The molecule has 1 fully saturated rings. The average molecular weight is 378 g/mol. The molecular formula is C20H30N2O5. The molecule has 7 nitrogen and oxygen atoms in total. The second kappa shape index (κ2) is 9.08. The van der Waals surface area contributed by atoms with E-state index < -0.39 is 11.7 Å². The van der Waals surface area contributed by atoms with Gasteiger partial charge in [0.05, 0.1) is 13.7 Å². The minimum Gasteiger partial charge on any atom is -0.497 e. The summed E-state index contributed by atoms with van der Waals surface area (Å²) in [4.78, 5) is 26.6. The monoisotopic (exact) mass is 378 g/mol. The van der Waals surface area contributed by atoms with Crippen molar-refractivity contribution in [1.29, 1.82) is 0 Å². The van der Waals surface area contributed by atoms with Gasteiger partial charge in [0.25, 0.3) is 0 Å². The van der Waals surface area contributed by atoms with Gasteiger partial charge in [0.1, 0.15) is 11.4 Å². The van der Waals surface area contributed by atoms with E-state index in [2.05, 4.69) is 5.32 Å². The number of carbonyl (C=O) groups is 2. The first-order valence-corrected chi connectivity index (χ1v) is 9.13. The van der Waals surface area contributed by atoms with Crippen LogP contribution in [-0.4, -0.2) is 62.5 Å². The largest absolute Gasteiger partial charge is 0.497 e. The van der Waals surface area contributed by atoms with Gasteiger partial charge in [-0.15, -0.1) is 0 Å². The van der Waals surface area contributed by atoms with Crippen LogP contribution >= 0.6 is 0 Å². The molecule has 0 aliphatic carbocycles. The molecule has 1 heterocycles. The quantitative estimate of drug-likeness (QED) is 0.823. The number of amides is 2. The van der Waals surface area contributed by atoms with E-state index in [4.69, 9.17) is 14.2 Å². The average Bonchev–Trinajstić information content (AvgIpc) is 2.59. The molecule has 2 rings (SSSR count). The summed E-state index contributed by atoms with van der Waals surface area (Å²) in [7, 11) is 3.23. The van der Waals surface area contributed by atoms with Gasteiger partial charge in [0.2, 0.25) is 5.91 Å². The van der Waals surface area contributed by atoms with Crippen molar-refractivity contribution in [1.82, 2.24) is 10.2 Å². The third-order valence-electron chi connectivity index (χ3n) is 4.46. The smallest absolute Gasteiger partial charge is 0.407 e. The van der Waals surface area contributed by atoms with Crippen LogP contribution in [0.2, 0.25) is 0 Å². The molecule has 1 unspecified atom stereocenters. The molecule has 2 amide bonds. The molecule has 0 aromatic heterocycles. The Hall–Kier alpha value is -2.28. The molecule has 1 aliphatic heterocycles. The van der Waals surface area contributed by atoms with Crippen LogP contribution in [0.5, 0.6) is 5.75 Å². The summed E-state index contributed by atoms with van der Waals surface area (Å²) in [5.41, 5.74) is 0.440. The van der Waals surface area contributed by atoms with Crippen molar-refractivity contribution in [2.24, 2.45) is 0 Å². The lowest BCUT2D eigenvalue weighted by Crippen LogP contribution is -2.53. The number of hydrogen-bond acceptors (Lipinski definition) is 5. The standard InChI is InChI=1S/C20H30N2O5/c1-20(2,3)27-19(24)21-17-12-18(23)22(10-11-25-4)13-16(17)14-6-8-15(26-5)9-7-14/h6-9,16-17H,10-13H2,1-5H3,(H,21,24)/t16?,17-/m0/s1. The normalized spacial score (nSPS) is 20.3. The Morgan fingerprint density at radius 3 is 2.44 bits per heavy atom. The first-order chi connectivity index (χ1) is 12.7. The van der Waals surface area contributed by atoms with Crippen molar-refractivity contribution in [3.63, 3.8) is 0 Å². The van der Waals surface area contributed by atoms with E-state index in [0.717, 1.165) is 11.3 Å². The van der Waals surface area contributed by atoms with Gasteiger partial charge in [0, 0.05) is 38.6 Å². The lowest BCUT2D eigenvalue weighted by Gasteiger charge is -2.39. The van der Waals surface area contributed by atoms with Gasteiger partial charge < -0.3 is 24.4 Å². The van der Waals surface area contributed by atoms with E-state index >= 15 is 0 Å². The summed E-state index contributed by atoms with van der Waals surface area (Å²) in [5, 5.41) is 2.89. The Kier molecular flexibility index (Phi) is 7.07. The maximum absolute atomic E-state index is 12.5. The van der Waals surface area contributed by atoms with Crippen molar-refractivity contribution in [2.75, 3.05) is 33.9 Å². The number of hydrogen-bond donors (Lipinski definition) is 1. The summed E-state index contributed by atoms with van der Waals surface area (Å²) in [6, 6.07) is 7.38. The van der Waals surface area contributed by atoms with Crippen molar-refractivity contribution in [2.45, 2.75) is 44.8 Å². The lowest BCUT2D eigenvalue weighted by atomic mass is 9.85. The number of methoxy groups -OCH3 is 2. The summed E-state index contributed by atoms with van der Waals surface area (Å²) in [6.07, 6.45) is -0.288. The molecule has 1 aliphatic rings. The summed E-state index contributed by atoms with van der Waals surface area (Å²) in [6.45, 7) is 6.95. The number of rotatable bonds is 6. The van der Waals surface area contributed by atoms with E-state index in [1.165, 1.54) is 0 Å². The molecule has 1 saturated heterocycles. The molecule has 150 valence electrons. The fourth-order valence-electron chi connectivity index (χ4n) is 3.14. The number of benzene rings is 1. The molecule has 0 radical (unpaired) electrons. The van der Waals surface area contributed by atoms with Gasteiger partial charge in [-0.3, -0.25) is 4.79 Å². The minimum absolute atomic E-state index is 0.00197. The van der Waals surface area contributed by atoms with Crippen LogP contribution in [0.15, 0.2) is 24.3 Å². The Morgan fingerprint density at radius 2 is 1.89 bits per heavy atom.